The molecule has 2 aromatic carbocycles. The zero-order chi connectivity index (χ0) is 22.5. The van der Waals surface area contributed by atoms with E-state index in [-0.39, 0.29) is 22.8 Å². The number of imide groups is 1. The summed E-state index contributed by atoms with van der Waals surface area (Å²) in [5.41, 5.74) is 6.57. The van der Waals surface area contributed by atoms with Crippen LogP contribution in [0, 0.1) is 10.1 Å². The van der Waals surface area contributed by atoms with Gasteiger partial charge in [-0.15, -0.1) is 0 Å². The normalized spacial score (nSPS) is 15.5. The first-order chi connectivity index (χ1) is 14.8. The number of carbonyl (C=O) groups excluding carboxylic acids is 3. The van der Waals surface area contributed by atoms with Crippen molar-refractivity contribution in [1.82, 2.24) is 5.32 Å². The fraction of sp³-hybridized carbons (Fsp3) is 0.150. The minimum atomic E-state index is -0.796. The number of amides is 2. The number of nitro groups is 1. The van der Waals surface area contributed by atoms with Gasteiger partial charge >= 0.3 is 11.7 Å². The molecule has 0 saturated carbocycles. The van der Waals surface area contributed by atoms with Crippen LogP contribution >= 0.6 is 11.8 Å². The van der Waals surface area contributed by atoms with Gasteiger partial charge in [-0.25, -0.2) is 0 Å². The Kier molecular flexibility index (Phi) is 6.68. The molecule has 3 N–H and O–H groups in total. The first kappa shape index (κ1) is 22.0. The van der Waals surface area contributed by atoms with Crippen LogP contribution in [0.2, 0.25) is 0 Å². The molecule has 0 aliphatic carbocycles. The zero-order valence-corrected chi connectivity index (χ0v) is 17.0. The molecule has 2 aromatic rings. The van der Waals surface area contributed by atoms with Crippen LogP contribution in [0.25, 0.3) is 6.08 Å². The number of nitrogens with two attached hydrogens (primary N) is 1. The molecule has 0 radical (unpaired) electrons. The number of rotatable bonds is 7. The van der Waals surface area contributed by atoms with Crippen LogP contribution in [-0.4, -0.2) is 35.2 Å². The van der Waals surface area contributed by atoms with E-state index in [4.69, 9.17) is 10.5 Å². The first-order valence-electron chi connectivity index (χ1n) is 8.90. The maximum Gasteiger partial charge on any atom is 0.322 e. The second-order valence-corrected chi connectivity index (χ2v) is 7.43. The number of nitrogens with zero attached hydrogens (tertiary/aromatic N) is 1. The van der Waals surface area contributed by atoms with E-state index in [0.717, 1.165) is 17.3 Å². The molecule has 3 rings (SSSR count). The lowest BCUT2D eigenvalue weighted by molar-refractivity contribution is -0.385. The number of thioether (sulfide) groups is 1. The predicted molar refractivity (Wildman–Crippen MR) is 112 cm³/mol. The Hall–Kier alpha value is -3.70. The van der Waals surface area contributed by atoms with Crippen molar-refractivity contribution < 1.29 is 28.8 Å². The van der Waals surface area contributed by atoms with Crippen LogP contribution < -0.4 is 15.8 Å². The number of hydrogen-bond donors (Lipinski definition) is 2. The maximum absolute atomic E-state index is 11.7. The Morgan fingerprint density at radius 3 is 2.55 bits per heavy atom. The van der Waals surface area contributed by atoms with Crippen molar-refractivity contribution in [3.63, 3.8) is 0 Å². The molecular formula is C20H17N3O7S. The van der Waals surface area contributed by atoms with Crippen molar-refractivity contribution in [2.75, 3.05) is 7.11 Å². The number of esters is 1. The number of methoxy groups -OCH3 is 1. The summed E-state index contributed by atoms with van der Waals surface area (Å²) in [5, 5.41) is 13.1. The second-order valence-electron chi connectivity index (χ2n) is 6.42. The Morgan fingerprint density at radius 1 is 1.26 bits per heavy atom. The van der Waals surface area contributed by atoms with Crippen LogP contribution in [0.4, 0.5) is 10.5 Å². The van der Waals surface area contributed by atoms with Gasteiger partial charge in [0.1, 0.15) is 11.8 Å². The van der Waals surface area contributed by atoms with Crippen molar-refractivity contribution in [1.29, 1.82) is 0 Å². The molecule has 11 heteroatoms. The highest BCUT2D eigenvalue weighted by Gasteiger charge is 2.25. The largest absolute Gasteiger partial charge is 0.468 e. The Balaban J connectivity index is 1.77. The molecule has 0 aromatic heterocycles. The third-order valence-corrected chi connectivity index (χ3v) is 5.04. The molecule has 1 fully saturated rings. The average Bonchev–Trinajstić information content (AvgIpc) is 3.06. The highest BCUT2D eigenvalue weighted by Crippen LogP contribution is 2.34. The molecule has 1 aliphatic heterocycles. The van der Waals surface area contributed by atoms with Crippen LogP contribution in [0.3, 0.4) is 0 Å². The number of benzene rings is 2. The molecule has 0 unspecified atom stereocenters. The average molecular weight is 443 g/mol. The molecule has 1 atom stereocenters. The van der Waals surface area contributed by atoms with E-state index in [1.165, 1.54) is 31.4 Å². The lowest BCUT2D eigenvalue weighted by atomic mass is 10.1. The molecule has 1 saturated heterocycles. The Bertz CT molecular complexity index is 1080. The summed E-state index contributed by atoms with van der Waals surface area (Å²) < 4.78 is 10.2. The van der Waals surface area contributed by atoms with Gasteiger partial charge in [-0.05, 0) is 53.6 Å². The van der Waals surface area contributed by atoms with Gasteiger partial charge in [-0.2, -0.15) is 0 Å². The van der Waals surface area contributed by atoms with Crippen molar-refractivity contribution >= 4 is 40.6 Å². The SMILES string of the molecule is COC(=O)[C@@H](N)Cc1ccc(Oc2ccc(/C=C3/SC(=O)NC3=O)cc2[N+](=O)[O-])cc1. The monoisotopic (exact) mass is 443 g/mol. The van der Waals surface area contributed by atoms with Crippen molar-refractivity contribution in [2.24, 2.45) is 5.73 Å². The molecule has 2 amide bonds. The minimum absolute atomic E-state index is 0.00534. The van der Waals surface area contributed by atoms with Gasteiger partial charge < -0.3 is 15.2 Å². The van der Waals surface area contributed by atoms with Gasteiger partial charge in [0, 0.05) is 6.07 Å². The molecule has 31 heavy (non-hydrogen) atoms. The fourth-order valence-corrected chi connectivity index (χ4v) is 3.42. The van der Waals surface area contributed by atoms with Crippen molar-refractivity contribution in [3.8, 4) is 11.5 Å². The summed E-state index contributed by atoms with van der Waals surface area (Å²) in [4.78, 5) is 45.4. The Morgan fingerprint density at radius 2 is 1.97 bits per heavy atom. The van der Waals surface area contributed by atoms with E-state index in [2.05, 4.69) is 10.1 Å². The van der Waals surface area contributed by atoms with E-state index in [0.29, 0.717) is 11.3 Å². The smallest absolute Gasteiger partial charge is 0.322 e. The highest BCUT2D eigenvalue weighted by molar-refractivity contribution is 8.18. The number of ether oxygens (including phenoxy) is 2. The maximum atomic E-state index is 11.7. The predicted octanol–water partition coefficient (Wildman–Crippen LogP) is 2.75. The molecule has 10 nitrogen and oxygen atoms in total. The summed E-state index contributed by atoms with van der Waals surface area (Å²) in [6.07, 6.45) is 1.66. The van der Waals surface area contributed by atoms with Gasteiger partial charge in [-0.3, -0.25) is 29.8 Å². The van der Waals surface area contributed by atoms with Gasteiger partial charge in [-0.1, -0.05) is 18.2 Å². The lowest BCUT2D eigenvalue weighted by Gasteiger charge is -2.10. The molecule has 160 valence electrons. The molecule has 0 spiro atoms. The zero-order valence-electron chi connectivity index (χ0n) is 16.2. The highest BCUT2D eigenvalue weighted by atomic mass is 32.2. The van der Waals surface area contributed by atoms with Crippen molar-refractivity contribution in [2.45, 2.75) is 12.5 Å². The molecular weight excluding hydrogens is 426 g/mol. The van der Waals surface area contributed by atoms with Gasteiger partial charge in [0.15, 0.2) is 0 Å². The molecule has 1 heterocycles. The third kappa shape index (κ3) is 5.47. The van der Waals surface area contributed by atoms with Gasteiger partial charge in [0.25, 0.3) is 11.1 Å². The van der Waals surface area contributed by atoms with Crippen LogP contribution in [0.1, 0.15) is 11.1 Å². The summed E-state index contributed by atoms with van der Waals surface area (Å²) in [7, 11) is 1.26. The topological polar surface area (TPSA) is 151 Å². The molecule has 1 aliphatic rings. The van der Waals surface area contributed by atoms with E-state index in [9.17, 15) is 24.5 Å². The van der Waals surface area contributed by atoms with Crippen LogP contribution in [0.15, 0.2) is 47.4 Å². The summed E-state index contributed by atoms with van der Waals surface area (Å²) in [6.45, 7) is 0. The summed E-state index contributed by atoms with van der Waals surface area (Å²) >= 11 is 0.721. The summed E-state index contributed by atoms with van der Waals surface area (Å²) in [6, 6.07) is 9.98. The van der Waals surface area contributed by atoms with Crippen LogP contribution in [0.5, 0.6) is 11.5 Å². The Labute approximate surface area is 180 Å². The minimum Gasteiger partial charge on any atom is -0.468 e. The second kappa shape index (κ2) is 9.41. The standard InChI is InChI=1S/C20H17N3O7S/c1-29-19(25)14(21)8-11-2-5-13(6-3-11)30-16-7-4-12(9-15(16)23(27)28)10-17-18(24)22-20(26)31-17/h2-7,9-10,14H,8,21H2,1H3,(H,22,24,26)/b17-10+/t14-/m0/s1. The number of nitro benzene ring substituents is 1. The van der Waals surface area contributed by atoms with E-state index < -0.39 is 28.1 Å². The molecule has 0 bridgehead atoms. The third-order valence-electron chi connectivity index (χ3n) is 4.23. The summed E-state index contributed by atoms with van der Waals surface area (Å²) in [5.74, 6) is -0.722. The number of hydrogen-bond acceptors (Lipinski definition) is 9. The fourth-order valence-electron chi connectivity index (χ4n) is 2.73. The van der Waals surface area contributed by atoms with E-state index in [1.807, 2.05) is 0 Å². The lowest BCUT2D eigenvalue weighted by Crippen LogP contribution is -2.33. The number of nitrogens with one attached hydrogen (secondary N) is 1. The van der Waals surface area contributed by atoms with Crippen molar-refractivity contribution in [3.05, 3.63) is 68.6 Å². The van der Waals surface area contributed by atoms with Gasteiger partial charge in [0.05, 0.1) is 16.9 Å². The van der Waals surface area contributed by atoms with Crippen LogP contribution in [-0.2, 0) is 20.7 Å². The van der Waals surface area contributed by atoms with Gasteiger partial charge in [0.2, 0.25) is 5.75 Å². The van der Waals surface area contributed by atoms with E-state index in [1.54, 1.807) is 24.3 Å². The number of carbonyl (C=O) groups is 3. The quantitative estimate of drug-likeness (QED) is 0.285. The first-order valence-corrected chi connectivity index (χ1v) is 9.72. The van der Waals surface area contributed by atoms with E-state index >= 15 is 0 Å².